The second kappa shape index (κ2) is 11.2. The maximum atomic E-state index is 14.8. The van der Waals surface area contributed by atoms with Crippen molar-refractivity contribution >= 4 is 23.1 Å². The van der Waals surface area contributed by atoms with E-state index in [0.717, 1.165) is 23.8 Å². The van der Waals surface area contributed by atoms with Gasteiger partial charge in [-0.15, -0.1) is 0 Å². The number of ether oxygens (including phenoxy) is 1. The number of aromatic nitrogens is 3. The fraction of sp³-hybridized carbons (Fsp3) is 0.222. The molecule has 0 bridgehead atoms. The van der Waals surface area contributed by atoms with Crippen molar-refractivity contribution < 1.29 is 27.1 Å². The summed E-state index contributed by atoms with van der Waals surface area (Å²) in [7, 11) is 1.94. The molecule has 40 heavy (non-hydrogen) atoms. The van der Waals surface area contributed by atoms with E-state index in [1.807, 2.05) is 11.9 Å². The maximum Gasteiger partial charge on any atom is 0.416 e. The number of benzene rings is 2. The lowest BCUT2D eigenvalue weighted by atomic mass is 10.1. The fourth-order valence-electron chi connectivity index (χ4n) is 4.20. The van der Waals surface area contributed by atoms with Gasteiger partial charge in [-0.05, 0) is 43.4 Å². The van der Waals surface area contributed by atoms with Crippen molar-refractivity contribution in [2.24, 2.45) is 0 Å². The molecule has 0 radical (unpaired) electrons. The van der Waals surface area contributed by atoms with Crippen molar-refractivity contribution in [1.29, 1.82) is 0 Å². The molecule has 2 aromatic carbocycles. The molecule has 2 aromatic heterocycles. The number of hydrogen-bond donors (Lipinski definition) is 3. The molecule has 208 valence electrons. The number of halogens is 4. The Bertz CT molecular complexity index is 1490. The van der Waals surface area contributed by atoms with Gasteiger partial charge in [-0.3, -0.25) is 10.1 Å². The van der Waals surface area contributed by atoms with Crippen LogP contribution in [0.2, 0.25) is 0 Å². The molecule has 9 nitrogen and oxygen atoms in total. The Hall–Kier alpha value is -4.65. The molecule has 1 fully saturated rings. The van der Waals surface area contributed by atoms with E-state index in [0.29, 0.717) is 43.3 Å². The van der Waals surface area contributed by atoms with Crippen LogP contribution in [0.25, 0.3) is 11.3 Å². The lowest BCUT2D eigenvalue weighted by Crippen LogP contribution is -2.44. The van der Waals surface area contributed by atoms with Crippen LogP contribution in [0.1, 0.15) is 5.56 Å². The summed E-state index contributed by atoms with van der Waals surface area (Å²) in [4.78, 5) is 20.8. The van der Waals surface area contributed by atoms with Gasteiger partial charge in [0.15, 0.2) is 11.6 Å². The monoisotopic (exact) mass is 555 g/mol. The first-order valence-corrected chi connectivity index (χ1v) is 12.3. The third-order valence-corrected chi connectivity index (χ3v) is 6.31. The number of rotatable bonds is 6. The van der Waals surface area contributed by atoms with E-state index in [1.165, 1.54) is 24.4 Å². The van der Waals surface area contributed by atoms with Gasteiger partial charge in [0.1, 0.15) is 5.75 Å². The zero-order chi connectivity index (χ0) is 28.3. The summed E-state index contributed by atoms with van der Waals surface area (Å²) in [5.74, 6) is -0.509. The third-order valence-electron chi connectivity index (χ3n) is 6.31. The number of urea groups is 1. The van der Waals surface area contributed by atoms with Crippen molar-refractivity contribution in [2.45, 2.75) is 6.18 Å². The van der Waals surface area contributed by atoms with Crippen LogP contribution in [0.15, 0.2) is 67.1 Å². The molecular weight excluding hydrogens is 530 g/mol. The lowest BCUT2D eigenvalue weighted by molar-refractivity contribution is -0.137. The molecule has 0 atom stereocenters. The van der Waals surface area contributed by atoms with Gasteiger partial charge in [0.2, 0.25) is 0 Å². The van der Waals surface area contributed by atoms with Gasteiger partial charge in [0, 0.05) is 73.3 Å². The van der Waals surface area contributed by atoms with Crippen LogP contribution in [0.5, 0.6) is 11.5 Å². The molecule has 1 saturated heterocycles. The van der Waals surface area contributed by atoms with Crippen LogP contribution in [-0.4, -0.2) is 59.3 Å². The molecule has 0 aliphatic carbocycles. The smallest absolute Gasteiger partial charge is 0.416 e. The third kappa shape index (κ3) is 6.49. The highest BCUT2D eigenvalue weighted by Gasteiger charge is 2.32. The minimum Gasteiger partial charge on any atom is -0.454 e. The summed E-state index contributed by atoms with van der Waals surface area (Å²) in [5, 5.41) is 11.4. The predicted octanol–water partition coefficient (Wildman–Crippen LogP) is 5.82. The number of likely N-dealkylation sites (N-methyl/N-ethyl adjacent to an activating group) is 1. The Balaban J connectivity index is 1.27. The molecular formula is C27H25F4N7O2. The van der Waals surface area contributed by atoms with Gasteiger partial charge < -0.3 is 25.2 Å². The summed E-state index contributed by atoms with van der Waals surface area (Å²) in [6.45, 7) is 2.53. The standard InChI is InChI=1S/C27H25F4N7O2/c1-37-6-8-38(9-7-37)21-11-18(27(29,30)31)10-20(12-21)36-26(39)35-19-2-3-25(23(28)13-19)40-22-4-5-32-24(14-22)17-15-33-34-16-17/h2-5,10-16H,6-9H2,1H3,(H,33,34)(H2,35,36,39). The van der Waals surface area contributed by atoms with E-state index in [4.69, 9.17) is 4.74 Å². The second-order valence-corrected chi connectivity index (χ2v) is 9.25. The molecule has 0 unspecified atom stereocenters. The summed E-state index contributed by atoms with van der Waals surface area (Å²) < 4.78 is 61.2. The molecule has 3 N–H and O–H groups in total. The van der Waals surface area contributed by atoms with Gasteiger partial charge in [0.05, 0.1) is 17.5 Å². The van der Waals surface area contributed by atoms with Crippen molar-refractivity contribution in [3.63, 3.8) is 0 Å². The van der Waals surface area contributed by atoms with E-state index < -0.39 is 23.6 Å². The molecule has 0 spiro atoms. The molecule has 4 aromatic rings. The Morgan fingerprint density at radius 2 is 1.77 bits per heavy atom. The number of amides is 2. The summed E-state index contributed by atoms with van der Waals surface area (Å²) in [6.07, 6.45) is 0.164. The number of anilines is 3. The van der Waals surface area contributed by atoms with E-state index in [9.17, 15) is 22.4 Å². The Morgan fingerprint density at radius 1 is 1.00 bits per heavy atom. The first-order valence-electron chi connectivity index (χ1n) is 12.3. The number of pyridine rings is 1. The predicted molar refractivity (Wildman–Crippen MR) is 142 cm³/mol. The van der Waals surface area contributed by atoms with Crippen LogP contribution >= 0.6 is 0 Å². The SMILES string of the molecule is CN1CCN(c2cc(NC(=O)Nc3ccc(Oc4ccnc(-c5cn[nH]c5)c4)c(F)c3)cc(C(F)(F)F)c2)CC1. The largest absolute Gasteiger partial charge is 0.454 e. The highest BCUT2D eigenvalue weighted by atomic mass is 19.4. The van der Waals surface area contributed by atoms with Gasteiger partial charge in [-0.2, -0.15) is 18.3 Å². The zero-order valence-electron chi connectivity index (χ0n) is 21.3. The van der Waals surface area contributed by atoms with E-state index >= 15 is 0 Å². The number of hydrogen-bond acceptors (Lipinski definition) is 6. The first kappa shape index (κ1) is 26.9. The Morgan fingerprint density at radius 3 is 2.48 bits per heavy atom. The quantitative estimate of drug-likeness (QED) is 0.260. The Kier molecular flexibility index (Phi) is 7.56. The minimum atomic E-state index is -4.59. The number of H-pyrrole nitrogens is 1. The first-order chi connectivity index (χ1) is 19.1. The molecule has 1 aliphatic rings. The van der Waals surface area contributed by atoms with Crippen LogP contribution in [0.3, 0.4) is 0 Å². The number of carbonyl (C=O) groups is 1. The highest BCUT2D eigenvalue weighted by molar-refractivity contribution is 6.00. The van der Waals surface area contributed by atoms with Crippen LogP contribution in [0, 0.1) is 5.82 Å². The molecule has 5 rings (SSSR count). The number of aromatic amines is 1. The average Bonchev–Trinajstić information content (AvgIpc) is 3.45. The fourth-order valence-corrected chi connectivity index (χ4v) is 4.20. The van der Waals surface area contributed by atoms with Gasteiger partial charge in [0.25, 0.3) is 0 Å². The molecule has 2 amide bonds. The van der Waals surface area contributed by atoms with E-state index in [1.54, 1.807) is 24.5 Å². The van der Waals surface area contributed by atoms with Crippen molar-refractivity contribution in [3.8, 4) is 22.8 Å². The molecule has 0 saturated carbocycles. The zero-order valence-corrected chi connectivity index (χ0v) is 21.3. The number of carbonyl (C=O) groups excluding carboxylic acids is 1. The normalized spacial score (nSPS) is 14.2. The molecule has 3 heterocycles. The van der Waals surface area contributed by atoms with Crippen molar-refractivity contribution in [1.82, 2.24) is 20.1 Å². The average molecular weight is 556 g/mol. The second-order valence-electron chi connectivity index (χ2n) is 9.25. The number of piperazine rings is 1. The molecule has 13 heteroatoms. The lowest BCUT2D eigenvalue weighted by Gasteiger charge is -2.34. The highest BCUT2D eigenvalue weighted by Crippen LogP contribution is 2.35. The summed E-state index contributed by atoms with van der Waals surface area (Å²) in [6, 6.07) is 9.59. The van der Waals surface area contributed by atoms with Crippen molar-refractivity contribution in [2.75, 3.05) is 48.8 Å². The van der Waals surface area contributed by atoms with E-state index in [-0.39, 0.29) is 17.1 Å². The van der Waals surface area contributed by atoms with Crippen molar-refractivity contribution in [3.05, 3.63) is 78.5 Å². The number of nitrogens with one attached hydrogen (secondary N) is 3. The van der Waals surface area contributed by atoms with Gasteiger partial charge >= 0.3 is 12.2 Å². The minimum absolute atomic E-state index is 0.0345. The summed E-state index contributed by atoms with van der Waals surface area (Å²) in [5.41, 5.74) is 0.840. The molecule has 1 aliphatic heterocycles. The van der Waals surface area contributed by atoms with Crippen LogP contribution in [0.4, 0.5) is 39.4 Å². The number of alkyl halides is 3. The van der Waals surface area contributed by atoms with E-state index in [2.05, 4.69) is 30.7 Å². The summed E-state index contributed by atoms with van der Waals surface area (Å²) >= 11 is 0. The topological polar surface area (TPSA) is 98.4 Å². The number of nitrogens with zero attached hydrogens (tertiary/aromatic N) is 4. The van der Waals surface area contributed by atoms with Gasteiger partial charge in [-0.25, -0.2) is 9.18 Å². The van der Waals surface area contributed by atoms with Gasteiger partial charge in [-0.1, -0.05) is 0 Å². The van der Waals surface area contributed by atoms with Crippen LogP contribution < -0.4 is 20.3 Å². The Labute approximate surface area is 226 Å². The maximum absolute atomic E-state index is 14.8. The van der Waals surface area contributed by atoms with Crippen LogP contribution in [-0.2, 0) is 6.18 Å².